The SMILES string of the molecule is Cc1cc(Cl)c2cc(Br)c(F)cc2n1. The zero-order valence-electron chi connectivity index (χ0n) is 7.31. The van der Waals surface area contributed by atoms with Crippen molar-refractivity contribution in [3.8, 4) is 0 Å². The Hall–Kier alpha value is -0.670. The number of benzene rings is 1. The molecule has 0 amide bonds. The number of hydrogen-bond donors (Lipinski definition) is 0. The second kappa shape index (κ2) is 3.48. The maximum absolute atomic E-state index is 13.2. The molecule has 2 aromatic rings. The zero-order chi connectivity index (χ0) is 10.3. The second-order valence-electron chi connectivity index (χ2n) is 3.03. The average molecular weight is 275 g/mol. The van der Waals surface area contributed by atoms with Crippen LogP contribution >= 0.6 is 27.5 Å². The van der Waals surface area contributed by atoms with Gasteiger partial charge in [-0.3, -0.25) is 4.98 Å². The van der Waals surface area contributed by atoms with E-state index < -0.39 is 0 Å². The lowest BCUT2D eigenvalue weighted by atomic mass is 10.2. The summed E-state index contributed by atoms with van der Waals surface area (Å²) in [6, 6.07) is 4.77. The Bertz CT molecular complexity index is 513. The van der Waals surface area contributed by atoms with E-state index in [0.717, 1.165) is 11.1 Å². The van der Waals surface area contributed by atoms with Gasteiger partial charge in [0, 0.05) is 17.1 Å². The van der Waals surface area contributed by atoms with Crippen LogP contribution in [-0.4, -0.2) is 4.98 Å². The summed E-state index contributed by atoms with van der Waals surface area (Å²) in [5.41, 5.74) is 1.36. The maximum Gasteiger partial charge on any atom is 0.139 e. The molecule has 0 radical (unpaired) electrons. The van der Waals surface area contributed by atoms with Crippen LogP contribution in [0.4, 0.5) is 4.39 Å². The van der Waals surface area contributed by atoms with Gasteiger partial charge in [0.2, 0.25) is 0 Å². The van der Waals surface area contributed by atoms with E-state index in [1.807, 2.05) is 6.92 Å². The summed E-state index contributed by atoms with van der Waals surface area (Å²) in [5.74, 6) is -0.327. The standard InChI is InChI=1S/C10H6BrClFN/c1-5-2-8(12)6-3-7(11)9(13)4-10(6)14-5/h2-4H,1H3. The normalized spacial score (nSPS) is 10.9. The lowest BCUT2D eigenvalue weighted by Gasteiger charge is -2.03. The van der Waals surface area contributed by atoms with Crippen LogP contribution in [0, 0.1) is 12.7 Å². The third-order valence-electron chi connectivity index (χ3n) is 1.93. The minimum atomic E-state index is -0.327. The highest BCUT2D eigenvalue weighted by Gasteiger charge is 2.06. The van der Waals surface area contributed by atoms with Crippen molar-refractivity contribution in [3.63, 3.8) is 0 Å². The molecule has 2 rings (SSSR count). The van der Waals surface area contributed by atoms with Crippen molar-refractivity contribution in [1.29, 1.82) is 0 Å². The first-order valence-corrected chi connectivity index (χ1v) is 5.17. The highest BCUT2D eigenvalue weighted by Crippen LogP contribution is 2.27. The maximum atomic E-state index is 13.2. The number of halogens is 3. The van der Waals surface area contributed by atoms with E-state index in [1.165, 1.54) is 6.07 Å². The molecule has 14 heavy (non-hydrogen) atoms. The molecule has 0 spiro atoms. The van der Waals surface area contributed by atoms with E-state index in [2.05, 4.69) is 20.9 Å². The molecule has 0 saturated carbocycles. The van der Waals surface area contributed by atoms with Crippen LogP contribution in [0.15, 0.2) is 22.7 Å². The highest BCUT2D eigenvalue weighted by atomic mass is 79.9. The monoisotopic (exact) mass is 273 g/mol. The number of pyridine rings is 1. The van der Waals surface area contributed by atoms with E-state index in [1.54, 1.807) is 12.1 Å². The van der Waals surface area contributed by atoms with E-state index >= 15 is 0 Å². The molecule has 0 atom stereocenters. The summed E-state index contributed by atoms with van der Waals surface area (Å²) in [6.07, 6.45) is 0. The minimum Gasteiger partial charge on any atom is -0.253 e. The summed E-state index contributed by atoms with van der Waals surface area (Å²) in [4.78, 5) is 4.19. The Kier molecular flexibility index (Phi) is 2.45. The smallest absolute Gasteiger partial charge is 0.139 e. The van der Waals surface area contributed by atoms with Gasteiger partial charge in [0.15, 0.2) is 0 Å². The molecule has 0 aliphatic rings. The molecule has 1 aromatic heterocycles. The van der Waals surface area contributed by atoms with Crippen LogP contribution in [0.5, 0.6) is 0 Å². The van der Waals surface area contributed by atoms with Gasteiger partial charge in [-0.1, -0.05) is 11.6 Å². The fourth-order valence-electron chi connectivity index (χ4n) is 1.30. The summed E-state index contributed by atoms with van der Waals surface area (Å²) in [6.45, 7) is 1.82. The Balaban J connectivity index is 2.89. The van der Waals surface area contributed by atoms with Crippen molar-refractivity contribution >= 4 is 38.4 Å². The summed E-state index contributed by atoms with van der Waals surface area (Å²) in [7, 11) is 0. The van der Waals surface area contributed by atoms with Gasteiger partial charge in [-0.15, -0.1) is 0 Å². The lowest BCUT2D eigenvalue weighted by molar-refractivity contribution is 0.623. The first kappa shape index (κ1) is 9.87. The largest absolute Gasteiger partial charge is 0.253 e. The van der Waals surface area contributed by atoms with Crippen molar-refractivity contribution in [2.24, 2.45) is 0 Å². The fourth-order valence-corrected chi connectivity index (χ4v) is 1.96. The molecular weight excluding hydrogens is 268 g/mol. The number of hydrogen-bond acceptors (Lipinski definition) is 1. The van der Waals surface area contributed by atoms with E-state index in [4.69, 9.17) is 11.6 Å². The number of aromatic nitrogens is 1. The van der Waals surface area contributed by atoms with Gasteiger partial charge >= 0.3 is 0 Å². The van der Waals surface area contributed by atoms with Crippen LogP contribution in [0.25, 0.3) is 10.9 Å². The van der Waals surface area contributed by atoms with Gasteiger partial charge in [-0.25, -0.2) is 4.39 Å². The van der Waals surface area contributed by atoms with Crippen molar-refractivity contribution in [2.75, 3.05) is 0 Å². The molecule has 1 heterocycles. The van der Waals surface area contributed by atoms with Crippen LogP contribution in [0.3, 0.4) is 0 Å². The van der Waals surface area contributed by atoms with Gasteiger partial charge in [-0.05, 0) is 35.0 Å². The zero-order valence-corrected chi connectivity index (χ0v) is 9.66. The van der Waals surface area contributed by atoms with Gasteiger partial charge in [-0.2, -0.15) is 0 Å². The van der Waals surface area contributed by atoms with Crippen LogP contribution in [0.1, 0.15) is 5.69 Å². The third kappa shape index (κ3) is 1.62. The Morgan fingerprint density at radius 1 is 1.36 bits per heavy atom. The molecule has 0 aliphatic carbocycles. The highest BCUT2D eigenvalue weighted by molar-refractivity contribution is 9.10. The molecule has 0 fully saturated rings. The Morgan fingerprint density at radius 2 is 2.07 bits per heavy atom. The molecule has 72 valence electrons. The van der Waals surface area contributed by atoms with E-state index in [9.17, 15) is 4.39 Å². The van der Waals surface area contributed by atoms with Gasteiger partial charge < -0.3 is 0 Å². The molecule has 0 unspecified atom stereocenters. The van der Waals surface area contributed by atoms with Gasteiger partial charge in [0.05, 0.1) is 15.0 Å². The number of aryl methyl sites for hydroxylation is 1. The average Bonchev–Trinajstić information content (AvgIpc) is 2.08. The molecule has 0 bridgehead atoms. The summed E-state index contributed by atoms with van der Waals surface area (Å²) >= 11 is 9.11. The van der Waals surface area contributed by atoms with Crippen LogP contribution in [0.2, 0.25) is 5.02 Å². The first-order valence-electron chi connectivity index (χ1n) is 4.00. The van der Waals surface area contributed by atoms with Crippen molar-refractivity contribution in [1.82, 2.24) is 4.98 Å². The number of nitrogens with zero attached hydrogens (tertiary/aromatic N) is 1. The third-order valence-corrected chi connectivity index (χ3v) is 2.85. The predicted octanol–water partition coefficient (Wildman–Crippen LogP) is 4.10. The van der Waals surface area contributed by atoms with Crippen LogP contribution < -0.4 is 0 Å². The molecule has 0 N–H and O–H groups in total. The molecule has 1 nitrogen and oxygen atoms in total. The molecule has 4 heteroatoms. The number of fused-ring (bicyclic) bond motifs is 1. The summed E-state index contributed by atoms with van der Waals surface area (Å²) < 4.78 is 13.6. The van der Waals surface area contributed by atoms with Crippen molar-refractivity contribution in [3.05, 3.63) is 39.2 Å². The van der Waals surface area contributed by atoms with Crippen LogP contribution in [-0.2, 0) is 0 Å². The topological polar surface area (TPSA) is 12.9 Å². The van der Waals surface area contributed by atoms with E-state index in [0.29, 0.717) is 15.0 Å². The molecule has 0 saturated heterocycles. The van der Waals surface area contributed by atoms with Gasteiger partial charge in [0.25, 0.3) is 0 Å². The predicted molar refractivity (Wildman–Crippen MR) is 59.1 cm³/mol. The molecular formula is C10H6BrClFN. The lowest BCUT2D eigenvalue weighted by Crippen LogP contribution is -1.87. The first-order chi connectivity index (χ1) is 6.58. The Labute approximate surface area is 94.0 Å². The quantitative estimate of drug-likeness (QED) is 0.705. The minimum absolute atomic E-state index is 0.327. The van der Waals surface area contributed by atoms with Crippen molar-refractivity contribution < 1.29 is 4.39 Å². The van der Waals surface area contributed by atoms with E-state index in [-0.39, 0.29) is 5.82 Å². The van der Waals surface area contributed by atoms with Gasteiger partial charge in [0.1, 0.15) is 5.82 Å². The molecule has 0 aliphatic heterocycles. The summed E-state index contributed by atoms with van der Waals surface area (Å²) in [5, 5.41) is 1.35. The molecule has 1 aromatic carbocycles. The van der Waals surface area contributed by atoms with Crippen molar-refractivity contribution in [2.45, 2.75) is 6.92 Å². The number of rotatable bonds is 0. The second-order valence-corrected chi connectivity index (χ2v) is 4.29. The Morgan fingerprint density at radius 3 is 2.79 bits per heavy atom. The fraction of sp³-hybridized carbons (Fsp3) is 0.100.